The Morgan fingerprint density at radius 3 is 2.36 bits per heavy atom. The van der Waals surface area contributed by atoms with Crippen molar-refractivity contribution in [3.63, 3.8) is 0 Å². The topological polar surface area (TPSA) is 3.24 Å². The average Bonchev–Trinajstić information content (AvgIpc) is 2.89. The van der Waals surface area contributed by atoms with Gasteiger partial charge in [-0.2, -0.15) is 0 Å². The molecule has 2 aliphatic rings. The lowest BCUT2D eigenvalue weighted by Crippen LogP contribution is -2.38. The van der Waals surface area contributed by atoms with Crippen molar-refractivity contribution in [3.8, 4) is 0 Å². The monoisotopic (exact) mass is 313 g/mol. The van der Waals surface area contributed by atoms with Crippen LogP contribution in [0.1, 0.15) is 41.9 Å². The van der Waals surface area contributed by atoms with E-state index in [4.69, 9.17) is 0 Å². The summed E-state index contributed by atoms with van der Waals surface area (Å²) in [4.78, 5) is 2.62. The maximum absolute atomic E-state index is 2.62. The van der Waals surface area contributed by atoms with Crippen LogP contribution in [0.2, 0.25) is 0 Å². The fourth-order valence-corrected chi connectivity index (χ4v) is 4.50. The van der Waals surface area contributed by atoms with Crippen LogP contribution in [0.15, 0.2) is 54.6 Å². The highest BCUT2D eigenvalue weighted by atomic mass is 35.5. The zero-order valence-corrected chi connectivity index (χ0v) is 13.9. The molecule has 1 aliphatic carbocycles. The van der Waals surface area contributed by atoms with E-state index in [0.29, 0.717) is 5.92 Å². The summed E-state index contributed by atoms with van der Waals surface area (Å²) in [6.07, 6.45) is 1.33. The van der Waals surface area contributed by atoms with Crippen LogP contribution < -0.4 is 0 Å². The molecule has 2 aromatic rings. The molecule has 4 rings (SSSR count). The largest absolute Gasteiger partial charge is 0.303 e. The average molecular weight is 314 g/mol. The van der Waals surface area contributed by atoms with Gasteiger partial charge in [0.15, 0.2) is 0 Å². The van der Waals surface area contributed by atoms with Crippen LogP contribution in [0.25, 0.3) is 0 Å². The molecule has 0 amide bonds. The van der Waals surface area contributed by atoms with Gasteiger partial charge in [-0.25, -0.2) is 0 Å². The molecule has 22 heavy (non-hydrogen) atoms. The number of likely N-dealkylation sites (N-methyl/N-ethyl adjacent to an activating group) is 1. The molecule has 0 radical (unpaired) electrons. The van der Waals surface area contributed by atoms with Crippen LogP contribution in [0.4, 0.5) is 0 Å². The fraction of sp³-hybridized carbons (Fsp3) is 0.400. The summed E-state index contributed by atoms with van der Waals surface area (Å²) < 4.78 is 0. The Morgan fingerprint density at radius 1 is 0.955 bits per heavy atom. The third-order valence-corrected chi connectivity index (χ3v) is 5.51. The van der Waals surface area contributed by atoms with Crippen LogP contribution >= 0.6 is 12.4 Å². The molecule has 0 saturated carbocycles. The van der Waals surface area contributed by atoms with Crippen LogP contribution in [0.3, 0.4) is 0 Å². The Balaban J connectivity index is 0.00000144. The highest BCUT2D eigenvalue weighted by molar-refractivity contribution is 5.85. The van der Waals surface area contributed by atoms with E-state index < -0.39 is 0 Å². The second-order valence-corrected chi connectivity index (χ2v) is 6.47. The molecule has 1 heterocycles. The lowest BCUT2D eigenvalue weighted by Gasteiger charge is -2.37. The third-order valence-electron chi connectivity index (χ3n) is 5.51. The van der Waals surface area contributed by atoms with E-state index in [2.05, 4.69) is 66.4 Å². The first-order chi connectivity index (χ1) is 10.4. The Hall–Kier alpha value is -1.31. The van der Waals surface area contributed by atoms with Gasteiger partial charge in [0.1, 0.15) is 0 Å². The summed E-state index contributed by atoms with van der Waals surface area (Å²) in [6.45, 7) is 5.97. The number of rotatable bonds is 2. The van der Waals surface area contributed by atoms with E-state index in [1.54, 1.807) is 11.1 Å². The Bertz CT molecular complexity index is 625. The Labute approximate surface area is 139 Å². The number of hydrogen-bond donors (Lipinski definition) is 0. The van der Waals surface area contributed by atoms with E-state index in [-0.39, 0.29) is 12.4 Å². The van der Waals surface area contributed by atoms with Crippen molar-refractivity contribution >= 4 is 12.4 Å². The summed E-state index contributed by atoms with van der Waals surface area (Å²) in [5.41, 5.74) is 4.69. The lowest BCUT2D eigenvalue weighted by molar-refractivity contribution is 0.167. The van der Waals surface area contributed by atoms with Gasteiger partial charge < -0.3 is 4.90 Å². The molecule has 1 fully saturated rings. The fourth-order valence-electron chi connectivity index (χ4n) is 4.50. The highest BCUT2D eigenvalue weighted by Gasteiger charge is 2.43. The maximum Gasteiger partial charge on any atom is 0.0127 e. The molecule has 1 saturated heterocycles. The minimum Gasteiger partial charge on any atom is -0.303 e. The minimum absolute atomic E-state index is 0. The molecule has 1 nitrogen and oxygen atoms in total. The zero-order valence-electron chi connectivity index (χ0n) is 13.1. The smallest absolute Gasteiger partial charge is 0.0127 e. The van der Waals surface area contributed by atoms with Crippen LogP contribution in [0, 0.1) is 5.92 Å². The van der Waals surface area contributed by atoms with Gasteiger partial charge in [0.05, 0.1) is 0 Å². The Morgan fingerprint density at radius 2 is 1.64 bits per heavy atom. The van der Waals surface area contributed by atoms with Crippen molar-refractivity contribution in [1.29, 1.82) is 0 Å². The molecule has 3 atom stereocenters. The predicted octanol–water partition coefficient (Wildman–Crippen LogP) is 4.68. The first kappa shape index (κ1) is 15.6. The number of hydrogen-bond acceptors (Lipinski definition) is 1. The molecular weight excluding hydrogens is 290 g/mol. The van der Waals surface area contributed by atoms with Gasteiger partial charge >= 0.3 is 0 Å². The first-order valence-electron chi connectivity index (χ1n) is 8.24. The summed E-state index contributed by atoms with van der Waals surface area (Å²) in [5.74, 6) is 2.11. The molecule has 116 valence electrons. The van der Waals surface area contributed by atoms with E-state index in [1.807, 2.05) is 0 Å². The van der Waals surface area contributed by atoms with Crippen molar-refractivity contribution < 1.29 is 0 Å². The Kier molecular flexibility index (Phi) is 4.56. The second kappa shape index (κ2) is 6.44. The van der Waals surface area contributed by atoms with E-state index in [9.17, 15) is 0 Å². The van der Waals surface area contributed by atoms with Gasteiger partial charge in [-0.05, 0) is 42.1 Å². The first-order valence-corrected chi connectivity index (χ1v) is 8.24. The molecule has 0 N–H and O–H groups in total. The highest BCUT2D eigenvalue weighted by Crippen LogP contribution is 2.52. The lowest BCUT2D eigenvalue weighted by atomic mass is 9.78. The minimum atomic E-state index is 0. The predicted molar refractivity (Wildman–Crippen MR) is 94.9 cm³/mol. The SMILES string of the molecule is CCN1CC[C@H]2[C@H](c3ccccc3)c3ccccc3[C@H]2C1.Cl. The number of fused-ring (bicyclic) bond motifs is 3. The van der Waals surface area contributed by atoms with Gasteiger partial charge in [-0.3, -0.25) is 0 Å². The van der Waals surface area contributed by atoms with Crippen molar-refractivity contribution in [2.24, 2.45) is 5.92 Å². The molecule has 0 spiro atoms. The zero-order chi connectivity index (χ0) is 14.2. The summed E-state index contributed by atoms with van der Waals surface area (Å²) in [7, 11) is 0. The molecule has 0 unspecified atom stereocenters. The van der Waals surface area contributed by atoms with Crippen LogP contribution in [-0.2, 0) is 0 Å². The van der Waals surface area contributed by atoms with Crippen molar-refractivity contribution in [2.75, 3.05) is 19.6 Å². The van der Waals surface area contributed by atoms with Crippen molar-refractivity contribution in [2.45, 2.75) is 25.2 Å². The molecule has 0 aromatic heterocycles. The second-order valence-electron chi connectivity index (χ2n) is 6.47. The van der Waals surface area contributed by atoms with E-state index in [0.717, 1.165) is 11.8 Å². The quantitative estimate of drug-likeness (QED) is 0.778. The van der Waals surface area contributed by atoms with Gasteiger partial charge in [0.2, 0.25) is 0 Å². The number of nitrogens with zero attached hydrogens (tertiary/aromatic N) is 1. The van der Waals surface area contributed by atoms with Gasteiger partial charge in [-0.1, -0.05) is 61.5 Å². The van der Waals surface area contributed by atoms with Gasteiger partial charge in [0, 0.05) is 18.4 Å². The van der Waals surface area contributed by atoms with Gasteiger partial charge in [-0.15, -0.1) is 12.4 Å². The molecule has 2 heteroatoms. The third kappa shape index (κ3) is 2.47. The van der Waals surface area contributed by atoms with Gasteiger partial charge in [0.25, 0.3) is 0 Å². The van der Waals surface area contributed by atoms with E-state index >= 15 is 0 Å². The number of halogens is 1. The van der Waals surface area contributed by atoms with Crippen LogP contribution in [-0.4, -0.2) is 24.5 Å². The summed E-state index contributed by atoms with van der Waals surface area (Å²) >= 11 is 0. The van der Waals surface area contributed by atoms with E-state index in [1.165, 1.54) is 31.6 Å². The van der Waals surface area contributed by atoms with Crippen molar-refractivity contribution in [3.05, 3.63) is 71.3 Å². The van der Waals surface area contributed by atoms with Crippen molar-refractivity contribution in [1.82, 2.24) is 4.90 Å². The standard InChI is InChI=1S/C20H23N.ClH/c1-2-21-13-12-18-19(14-21)16-10-6-7-11-17(16)20(18)15-8-4-3-5-9-15;/h3-11,18-20H,2,12-14H2,1H3;1H/t18-,19-,20-;/m1./s1. The van der Waals surface area contributed by atoms with Crippen LogP contribution in [0.5, 0.6) is 0 Å². The number of benzene rings is 2. The maximum atomic E-state index is 2.62. The summed E-state index contributed by atoms with van der Waals surface area (Å²) in [5, 5.41) is 0. The normalized spacial score (nSPS) is 26.9. The molecule has 2 aromatic carbocycles. The molecule has 0 bridgehead atoms. The molecular formula is C20H24ClN. The number of likely N-dealkylation sites (tertiary alicyclic amines) is 1. The summed E-state index contributed by atoms with van der Waals surface area (Å²) in [6, 6.07) is 20.3. The molecule has 1 aliphatic heterocycles. The number of piperidine rings is 1.